The van der Waals surface area contributed by atoms with Crippen LogP contribution in [0.2, 0.25) is 0 Å². The van der Waals surface area contributed by atoms with Gasteiger partial charge in [0.2, 0.25) is 10.9 Å². The number of aromatic nitrogens is 2. The number of aromatic carboxylic acids is 1. The molecule has 0 atom stereocenters. The first-order valence-electron chi connectivity index (χ1n) is 5.74. The van der Waals surface area contributed by atoms with Crippen LogP contribution in [0.3, 0.4) is 0 Å². The van der Waals surface area contributed by atoms with Gasteiger partial charge < -0.3 is 10.4 Å². The van der Waals surface area contributed by atoms with E-state index in [-0.39, 0.29) is 12.2 Å². The minimum absolute atomic E-state index is 0.0146. The first-order valence-corrected chi connectivity index (χ1v) is 7.18. The summed E-state index contributed by atoms with van der Waals surface area (Å²) in [5.74, 6) is -1.90. The smallest absolute Gasteiger partial charge is 0.340 e. The molecule has 0 saturated heterocycles. The number of likely N-dealkylation sites (N-methyl/N-ethyl adjacent to an activating group) is 2. The highest BCUT2D eigenvalue weighted by Crippen LogP contribution is 2.20. The second-order valence-corrected chi connectivity index (χ2v) is 5.79. The van der Waals surface area contributed by atoms with Crippen LogP contribution in [-0.2, 0) is 14.8 Å². The summed E-state index contributed by atoms with van der Waals surface area (Å²) >= 11 is 0. The Morgan fingerprint density at radius 3 is 2.50 bits per heavy atom. The van der Waals surface area contributed by atoms with Gasteiger partial charge in [-0.1, -0.05) is 6.92 Å². The molecular formula is C10H16N4O5S. The summed E-state index contributed by atoms with van der Waals surface area (Å²) in [6.45, 7) is 2.56. The summed E-state index contributed by atoms with van der Waals surface area (Å²) in [7, 11) is -2.78. The summed E-state index contributed by atoms with van der Waals surface area (Å²) in [6, 6.07) is 0. The molecule has 0 aliphatic rings. The third-order valence-electron chi connectivity index (χ3n) is 2.66. The number of carboxylic acids is 1. The minimum Gasteiger partial charge on any atom is -0.478 e. The second kappa shape index (κ2) is 6.01. The highest BCUT2D eigenvalue weighted by Gasteiger charge is 2.33. The zero-order valence-corrected chi connectivity index (χ0v) is 12.1. The second-order valence-electron chi connectivity index (χ2n) is 3.94. The van der Waals surface area contributed by atoms with Gasteiger partial charge in [0.05, 0.1) is 6.54 Å². The van der Waals surface area contributed by atoms with E-state index in [9.17, 15) is 18.0 Å². The molecule has 10 heteroatoms. The molecule has 0 saturated carbocycles. The number of hydrogen-bond acceptors (Lipinski definition) is 5. The van der Waals surface area contributed by atoms with Crippen LogP contribution in [0.25, 0.3) is 0 Å². The van der Waals surface area contributed by atoms with E-state index in [0.717, 1.165) is 4.31 Å². The average molecular weight is 304 g/mol. The zero-order valence-electron chi connectivity index (χ0n) is 11.3. The maximum atomic E-state index is 12.4. The first-order chi connectivity index (χ1) is 9.25. The molecule has 0 fully saturated rings. The van der Waals surface area contributed by atoms with Gasteiger partial charge >= 0.3 is 5.97 Å². The number of nitrogens with zero attached hydrogens (tertiary/aromatic N) is 2. The van der Waals surface area contributed by atoms with Crippen molar-refractivity contribution in [2.45, 2.75) is 18.9 Å². The molecule has 112 valence electrons. The van der Waals surface area contributed by atoms with Gasteiger partial charge in [0.15, 0.2) is 0 Å². The Morgan fingerprint density at radius 1 is 1.45 bits per heavy atom. The predicted octanol–water partition coefficient (Wildman–Crippen LogP) is -0.827. The zero-order chi connectivity index (χ0) is 15.5. The largest absolute Gasteiger partial charge is 0.478 e. The van der Waals surface area contributed by atoms with Crippen LogP contribution in [0.4, 0.5) is 0 Å². The van der Waals surface area contributed by atoms with Crippen LogP contribution in [-0.4, -0.2) is 60.0 Å². The molecule has 0 aromatic carbocycles. The van der Waals surface area contributed by atoms with Crippen molar-refractivity contribution >= 4 is 21.9 Å². The predicted molar refractivity (Wildman–Crippen MR) is 68.8 cm³/mol. The maximum absolute atomic E-state index is 12.4. The molecular weight excluding hydrogens is 288 g/mol. The van der Waals surface area contributed by atoms with Gasteiger partial charge in [-0.3, -0.25) is 9.89 Å². The van der Waals surface area contributed by atoms with Crippen LogP contribution in [0.15, 0.2) is 5.03 Å². The number of nitrogens with one attached hydrogen (secondary N) is 2. The van der Waals surface area contributed by atoms with Gasteiger partial charge in [0, 0.05) is 19.3 Å². The van der Waals surface area contributed by atoms with Crippen LogP contribution in [0.1, 0.15) is 23.0 Å². The summed E-state index contributed by atoms with van der Waals surface area (Å²) in [4.78, 5) is 22.4. The van der Waals surface area contributed by atoms with Crippen molar-refractivity contribution in [3.63, 3.8) is 0 Å². The molecule has 0 spiro atoms. The molecule has 1 heterocycles. The van der Waals surface area contributed by atoms with E-state index in [4.69, 9.17) is 5.11 Å². The minimum atomic E-state index is -4.16. The number of aromatic amines is 1. The summed E-state index contributed by atoms with van der Waals surface area (Å²) in [5, 5.41) is 16.7. The normalized spacial score (nSPS) is 11.6. The standard InChI is InChI=1S/C10H16N4O5S/c1-4-14(5-7(15)11-3)20(18,19)9-8(10(16)17)6(2)12-13-9/h4-5H2,1-3H3,(H,11,15)(H,12,13)(H,16,17). The monoisotopic (exact) mass is 304 g/mol. The summed E-state index contributed by atoms with van der Waals surface area (Å²) in [6.07, 6.45) is 0. The molecule has 9 nitrogen and oxygen atoms in total. The van der Waals surface area contributed by atoms with Crippen molar-refractivity contribution in [2.75, 3.05) is 20.1 Å². The molecule has 1 aromatic rings. The SMILES string of the molecule is CCN(CC(=O)NC)S(=O)(=O)c1n[nH]c(C)c1C(=O)O. The molecule has 3 N–H and O–H groups in total. The fourth-order valence-electron chi connectivity index (χ4n) is 1.57. The van der Waals surface area contributed by atoms with Crippen molar-refractivity contribution in [1.29, 1.82) is 0 Å². The molecule has 1 aromatic heterocycles. The quantitative estimate of drug-likeness (QED) is 0.628. The fourth-order valence-corrected chi connectivity index (χ4v) is 3.10. The van der Waals surface area contributed by atoms with E-state index in [2.05, 4.69) is 15.5 Å². The topological polar surface area (TPSA) is 132 Å². The number of H-pyrrole nitrogens is 1. The lowest BCUT2D eigenvalue weighted by atomic mass is 10.3. The van der Waals surface area contributed by atoms with E-state index >= 15 is 0 Å². The van der Waals surface area contributed by atoms with E-state index < -0.39 is 39.0 Å². The summed E-state index contributed by atoms with van der Waals surface area (Å²) < 4.78 is 25.6. The number of carbonyl (C=O) groups is 2. The molecule has 0 radical (unpaired) electrons. The lowest BCUT2D eigenvalue weighted by Gasteiger charge is -2.18. The number of carboxylic acid groups (broad SMARTS) is 1. The van der Waals surface area contributed by atoms with Crippen LogP contribution < -0.4 is 5.32 Å². The van der Waals surface area contributed by atoms with Crippen LogP contribution >= 0.6 is 0 Å². The Kier molecular flexibility index (Phi) is 4.84. The lowest BCUT2D eigenvalue weighted by Crippen LogP contribution is -2.40. The van der Waals surface area contributed by atoms with Gasteiger partial charge in [-0.25, -0.2) is 13.2 Å². The maximum Gasteiger partial charge on any atom is 0.340 e. The number of amides is 1. The van der Waals surface area contributed by atoms with E-state index in [1.54, 1.807) is 6.92 Å². The van der Waals surface area contributed by atoms with Gasteiger partial charge in [0.25, 0.3) is 10.0 Å². The van der Waals surface area contributed by atoms with Crippen LogP contribution in [0, 0.1) is 6.92 Å². The fraction of sp³-hybridized carbons (Fsp3) is 0.500. The number of rotatable bonds is 6. The number of hydrogen-bond donors (Lipinski definition) is 3. The first kappa shape index (κ1) is 16.1. The molecule has 20 heavy (non-hydrogen) atoms. The molecule has 0 unspecified atom stereocenters. The van der Waals surface area contributed by atoms with E-state index in [1.165, 1.54) is 14.0 Å². The molecule has 0 bridgehead atoms. The Morgan fingerprint density at radius 2 is 2.05 bits per heavy atom. The van der Waals surface area contributed by atoms with E-state index in [0.29, 0.717) is 0 Å². The van der Waals surface area contributed by atoms with Gasteiger partial charge in [0.1, 0.15) is 5.56 Å². The van der Waals surface area contributed by atoms with Gasteiger partial charge in [-0.2, -0.15) is 9.40 Å². The van der Waals surface area contributed by atoms with Crippen molar-refractivity contribution in [3.05, 3.63) is 11.3 Å². The lowest BCUT2D eigenvalue weighted by molar-refractivity contribution is -0.120. The Balaban J connectivity index is 3.28. The molecule has 1 amide bonds. The van der Waals surface area contributed by atoms with Crippen molar-refractivity contribution in [3.8, 4) is 0 Å². The molecule has 1 rings (SSSR count). The average Bonchev–Trinajstić information content (AvgIpc) is 2.77. The Hall–Kier alpha value is -1.94. The Bertz CT molecular complexity index is 622. The number of carbonyl (C=O) groups excluding carboxylic acids is 1. The van der Waals surface area contributed by atoms with E-state index in [1.807, 2.05) is 0 Å². The highest BCUT2D eigenvalue weighted by atomic mass is 32.2. The van der Waals surface area contributed by atoms with Crippen LogP contribution in [0.5, 0.6) is 0 Å². The Labute approximate surface area is 116 Å². The molecule has 0 aliphatic heterocycles. The van der Waals surface area contributed by atoms with Crippen molar-refractivity contribution < 1.29 is 23.1 Å². The summed E-state index contributed by atoms with van der Waals surface area (Å²) in [5.41, 5.74) is -0.285. The molecule has 0 aliphatic carbocycles. The number of sulfonamides is 1. The van der Waals surface area contributed by atoms with Crippen molar-refractivity contribution in [1.82, 2.24) is 19.8 Å². The number of aryl methyl sites for hydroxylation is 1. The van der Waals surface area contributed by atoms with Gasteiger partial charge in [-0.15, -0.1) is 0 Å². The third-order valence-corrected chi connectivity index (χ3v) is 4.51. The third kappa shape index (κ3) is 2.96. The highest BCUT2D eigenvalue weighted by molar-refractivity contribution is 7.89. The van der Waals surface area contributed by atoms with Gasteiger partial charge in [-0.05, 0) is 6.92 Å². The van der Waals surface area contributed by atoms with Crippen molar-refractivity contribution in [2.24, 2.45) is 0 Å².